The summed E-state index contributed by atoms with van der Waals surface area (Å²) in [5, 5.41) is 2.67. The van der Waals surface area contributed by atoms with Gasteiger partial charge >= 0.3 is 6.01 Å². The molecule has 3 heterocycles. The Morgan fingerprint density at radius 2 is 1.73 bits per heavy atom. The minimum absolute atomic E-state index is 0.0752. The normalized spacial score (nSPS) is 14.5. The number of nitrogens with one attached hydrogen (secondary N) is 1. The van der Waals surface area contributed by atoms with Gasteiger partial charge in [-0.3, -0.25) is 4.57 Å². The molecule has 2 aromatic carbocycles. The van der Waals surface area contributed by atoms with Gasteiger partial charge in [0, 0.05) is 37.1 Å². The van der Waals surface area contributed by atoms with E-state index in [0.717, 1.165) is 0 Å². The first-order valence-corrected chi connectivity index (χ1v) is 10.3. The number of aromatic nitrogens is 4. The van der Waals surface area contributed by atoms with E-state index in [1.54, 1.807) is 28.8 Å². The summed E-state index contributed by atoms with van der Waals surface area (Å²) >= 11 is 0. The van der Waals surface area contributed by atoms with Crippen molar-refractivity contribution in [1.82, 2.24) is 19.5 Å². The number of nitrogens with zero attached hydrogens (tertiary/aromatic N) is 4. The molecular formula is C22H19F3N6O2. The fraction of sp³-hybridized carbons (Fsp3) is 0.227. The predicted octanol–water partition coefficient (Wildman–Crippen LogP) is 4.71. The van der Waals surface area contributed by atoms with Crippen molar-refractivity contribution in [2.75, 3.05) is 24.3 Å². The molecule has 0 bridgehead atoms. The molecule has 1 fully saturated rings. The van der Waals surface area contributed by atoms with E-state index in [0.29, 0.717) is 60.8 Å². The Balaban J connectivity index is 1.57. The molecule has 8 nitrogen and oxygen atoms in total. The van der Waals surface area contributed by atoms with Crippen LogP contribution in [0, 0.1) is 17.5 Å². The van der Waals surface area contributed by atoms with Crippen LogP contribution in [-0.4, -0.2) is 32.7 Å². The zero-order chi connectivity index (χ0) is 22.9. The number of fused-ring (bicyclic) bond motifs is 1. The van der Waals surface area contributed by atoms with Gasteiger partial charge in [0.25, 0.3) is 0 Å². The fourth-order valence-electron chi connectivity index (χ4n) is 3.72. The van der Waals surface area contributed by atoms with E-state index in [-0.39, 0.29) is 18.0 Å². The second kappa shape index (κ2) is 8.58. The number of nitrogen functional groups attached to an aromatic ring is 1. The summed E-state index contributed by atoms with van der Waals surface area (Å²) in [7, 11) is 0. The molecule has 11 heteroatoms. The summed E-state index contributed by atoms with van der Waals surface area (Å²) in [4.78, 5) is 13.1. The third kappa shape index (κ3) is 4.27. The van der Waals surface area contributed by atoms with Gasteiger partial charge < -0.3 is 20.5 Å². The maximum Gasteiger partial charge on any atom is 0.324 e. The molecule has 1 aliphatic rings. The van der Waals surface area contributed by atoms with Crippen molar-refractivity contribution in [3.8, 4) is 11.8 Å². The van der Waals surface area contributed by atoms with E-state index in [9.17, 15) is 13.2 Å². The summed E-state index contributed by atoms with van der Waals surface area (Å²) in [5.74, 6) is -2.51. The van der Waals surface area contributed by atoms with E-state index in [1.807, 2.05) is 0 Å². The van der Waals surface area contributed by atoms with Crippen molar-refractivity contribution in [2.45, 2.75) is 18.9 Å². The van der Waals surface area contributed by atoms with E-state index in [4.69, 9.17) is 15.2 Å². The third-order valence-electron chi connectivity index (χ3n) is 5.30. The van der Waals surface area contributed by atoms with Crippen LogP contribution in [0.25, 0.3) is 11.2 Å². The van der Waals surface area contributed by atoms with Crippen LogP contribution in [0.5, 0.6) is 11.8 Å². The first-order chi connectivity index (χ1) is 16.0. The molecule has 1 saturated heterocycles. The Morgan fingerprint density at radius 1 is 1.03 bits per heavy atom. The van der Waals surface area contributed by atoms with Gasteiger partial charge in [-0.15, -0.1) is 0 Å². The van der Waals surface area contributed by atoms with Gasteiger partial charge in [0.15, 0.2) is 17.3 Å². The highest BCUT2D eigenvalue weighted by molar-refractivity contribution is 5.76. The Bertz CT molecular complexity index is 1280. The molecule has 3 N–H and O–H groups in total. The Kier molecular flexibility index (Phi) is 5.47. The quantitative estimate of drug-likeness (QED) is 0.420. The molecule has 33 heavy (non-hydrogen) atoms. The second-order valence-corrected chi connectivity index (χ2v) is 7.55. The highest BCUT2D eigenvalue weighted by atomic mass is 19.1. The number of hydrogen-bond acceptors (Lipinski definition) is 7. The Morgan fingerprint density at radius 3 is 2.42 bits per heavy atom. The summed E-state index contributed by atoms with van der Waals surface area (Å²) < 4.78 is 54.9. The lowest BCUT2D eigenvalue weighted by Crippen LogP contribution is -2.21. The van der Waals surface area contributed by atoms with Gasteiger partial charge in [0.1, 0.15) is 22.8 Å². The minimum Gasteiger partial charge on any atom is -0.424 e. The van der Waals surface area contributed by atoms with Gasteiger partial charge in [-0.1, -0.05) is 0 Å². The molecule has 2 aromatic heterocycles. The fourth-order valence-corrected chi connectivity index (χ4v) is 3.72. The average molecular weight is 456 g/mol. The molecule has 0 radical (unpaired) electrons. The summed E-state index contributed by atoms with van der Waals surface area (Å²) in [6.07, 6.45) is 2.76. The van der Waals surface area contributed by atoms with E-state index in [1.165, 1.54) is 6.20 Å². The molecule has 4 aromatic rings. The van der Waals surface area contributed by atoms with E-state index < -0.39 is 23.1 Å². The number of halogens is 3. The number of rotatable bonds is 5. The number of hydrogen-bond donors (Lipinski definition) is 2. The molecule has 0 unspecified atom stereocenters. The summed E-state index contributed by atoms with van der Waals surface area (Å²) in [6.45, 7) is 1.03. The Labute approximate surface area is 186 Å². The monoisotopic (exact) mass is 456 g/mol. The maximum absolute atomic E-state index is 14.3. The number of ether oxygens (including phenoxy) is 2. The lowest BCUT2D eigenvalue weighted by molar-refractivity contribution is 0.0709. The number of nitrogens with two attached hydrogens (primary N) is 1. The molecule has 0 amide bonds. The molecule has 170 valence electrons. The van der Waals surface area contributed by atoms with Crippen LogP contribution in [0.15, 0.2) is 42.6 Å². The first-order valence-electron chi connectivity index (χ1n) is 10.3. The van der Waals surface area contributed by atoms with Crippen LogP contribution in [0.3, 0.4) is 0 Å². The first kappa shape index (κ1) is 21.0. The highest BCUT2D eigenvalue weighted by Gasteiger charge is 2.25. The largest absolute Gasteiger partial charge is 0.424 e. The minimum atomic E-state index is -1.07. The van der Waals surface area contributed by atoms with Gasteiger partial charge in [-0.25, -0.2) is 23.1 Å². The molecule has 0 aliphatic carbocycles. The standard InChI is InChI=1S/C22H19F3N6O2/c23-12-9-16(24)19(17(25)10-12)29-21-28-18-11-27-22(33-15-3-1-13(26)2-4-15)30-20(18)31(21)14-5-7-32-8-6-14/h1-4,9-11,14H,5-8,26H2,(H,28,29). The second-order valence-electron chi connectivity index (χ2n) is 7.55. The summed E-state index contributed by atoms with van der Waals surface area (Å²) in [6, 6.07) is 7.93. The zero-order valence-corrected chi connectivity index (χ0v) is 17.3. The molecule has 0 spiro atoms. The summed E-state index contributed by atoms with van der Waals surface area (Å²) in [5.41, 5.74) is 6.61. The number of anilines is 3. The van der Waals surface area contributed by atoms with Crippen molar-refractivity contribution in [3.63, 3.8) is 0 Å². The van der Waals surface area contributed by atoms with Gasteiger partial charge in [0.2, 0.25) is 5.95 Å². The van der Waals surface area contributed by atoms with Gasteiger partial charge in [0.05, 0.1) is 6.20 Å². The van der Waals surface area contributed by atoms with Gasteiger partial charge in [-0.2, -0.15) is 4.98 Å². The lowest BCUT2D eigenvalue weighted by Gasteiger charge is -2.25. The van der Waals surface area contributed by atoms with Crippen molar-refractivity contribution in [3.05, 3.63) is 60.0 Å². The zero-order valence-electron chi connectivity index (χ0n) is 17.3. The van der Waals surface area contributed by atoms with Crippen molar-refractivity contribution >= 4 is 28.5 Å². The highest BCUT2D eigenvalue weighted by Crippen LogP contribution is 2.33. The van der Waals surface area contributed by atoms with Crippen LogP contribution in [0.4, 0.5) is 30.5 Å². The van der Waals surface area contributed by atoms with E-state index >= 15 is 0 Å². The van der Waals surface area contributed by atoms with Crippen molar-refractivity contribution < 1.29 is 22.6 Å². The lowest BCUT2D eigenvalue weighted by atomic mass is 10.1. The number of benzene rings is 2. The smallest absolute Gasteiger partial charge is 0.324 e. The van der Waals surface area contributed by atoms with Crippen molar-refractivity contribution in [1.29, 1.82) is 0 Å². The van der Waals surface area contributed by atoms with E-state index in [2.05, 4.69) is 20.3 Å². The van der Waals surface area contributed by atoms with Gasteiger partial charge in [-0.05, 0) is 37.1 Å². The predicted molar refractivity (Wildman–Crippen MR) is 115 cm³/mol. The molecular weight excluding hydrogens is 437 g/mol. The molecule has 0 atom stereocenters. The van der Waals surface area contributed by atoms with Crippen LogP contribution in [0.1, 0.15) is 18.9 Å². The topological polar surface area (TPSA) is 100 Å². The van der Waals surface area contributed by atoms with Crippen LogP contribution in [0.2, 0.25) is 0 Å². The SMILES string of the molecule is Nc1ccc(Oc2ncc3nc(Nc4c(F)cc(F)cc4F)n(C4CCOCC4)c3n2)cc1. The van der Waals surface area contributed by atoms with Crippen LogP contribution in [-0.2, 0) is 4.74 Å². The number of imidazole rings is 1. The molecule has 0 saturated carbocycles. The third-order valence-corrected chi connectivity index (χ3v) is 5.30. The van der Waals surface area contributed by atoms with Crippen LogP contribution >= 0.6 is 0 Å². The molecule has 1 aliphatic heterocycles. The maximum atomic E-state index is 14.3. The van der Waals surface area contributed by atoms with Crippen molar-refractivity contribution in [2.24, 2.45) is 0 Å². The Hall–Kier alpha value is -3.86. The molecule has 5 rings (SSSR count). The van der Waals surface area contributed by atoms with Crippen LogP contribution < -0.4 is 15.8 Å². The average Bonchev–Trinajstić information content (AvgIpc) is 3.15.